The van der Waals surface area contributed by atoms with Crippen LogP contribution in [0.3, 0.4) is 0 Å². The summed E-state index contributed by atoms with van der Waals surface area (Å²) >= 11 is 10.6. The van der Waals surface area contributed by atoms with Crippen molar-refractivity contribution in [1.29, 1.82) is 0 Å². The maximum atomic E-state index is 14.0. The number of benzene rings is 2. The molecule has 1 unspecified atom stereocenters. The van der Waals surface area contributed by atoms with Gasteiger partial charge in [-0.25, -0.2) is 4.39 Å². The number of nitrogens with one attached hydrogen (secondary N) is 1. The Morgan fingerprint density at radius 2 is 2.10 bits per heavy atom. The lowest BCUT2D eigenvalue weighted by Crippen LogP contribution is -2.09. The first-order valence-electron chi connectivity index (χ1n) is 6.18. The maximum absolute atomic E-state index is 14.0. The average molecular weight is 387 g/mol. The van der Waals surface area contributed by atoms with E-state index in [1.165, 1.54) is 6.07 Å². The molecule has 0 saturated heterocycles. The number of aromatic nitrogens is 2. The molecule has 1 atom stereocenters. The summed E-state index contributed by atoms with van der Waals surface area (Å²) in [6.07, 6.45) is 0. The predicted molar refractivity (Wildman–Crippen MR) is 88.6 cm³/mol. The maximum Gasteiger partial charge on any atom is 0.129 e. The summed E-state index contributed by atoms with van der Waals surface area (Å²) in [4.78, 5) is 0. The number of halogens is 3. The Morgan fingerprint density at radius 1 is 1.29 bits per heavy atom. The fourth-order valence-electron chi connectivity index (χ4n) is 2.11. The SMILES string of the molecule is CC(Nc1c(Cl)ccc2nsnc12)c1ccc(Br)cc1F. The molecular weight excluding hydrogens is 377 g/mol. The molecule has 21 heavy (non-hydrogen) atoms. The summed E-state index contributed by atoms with van der Waals surface area (Å²) in [7, 11) is 0. The summed E-state index contributed by atoms with van der Waals surface area (Å²) < 4.78 is 23.2. The van der Waals surface area contributed by atoms with Crippen molar-refractivity contribution >= 4 is 56.0 Å². The standard InChI is InChI=1S/C14H10BrClFN3S/c1-7(9-3-2-8(15)6-11(9)17)18-13-10(16)4-5-12-14(13)20-21-19-12/h2-7,18H,1H3. The van der Waals surface area contributed by atoms with E-state index in [-0.39, 0.29) is 11.9 Å². The van der Waals surface area contributed by atoms with Crippen molar-refractivity contribution in [2.45, 2.75) is 13.0 Å². The first-order chi connectivity index (χ1) is 10.1. The van der Waals surface area contributed by atoms with Gasteiger partial charge in [0.05, 0.1) is 28.5 Å². The molecule has 108 valence electrons. The Morgan fingerprint density at radius 3 is 2.86 bits per heavy atom. The summed E-state index contributed by atoms with van der Waals surface area (Å²) in [5, 5.41) is 3.77. The molecule has 1 N–H and O–H groups in total. The van der Waals surface area contributed by atoms with Crippen LogP contribution in [-0.2, 0) is 0 Å². The van der Waals surface area contributed by atoms with Crippen LogP contribution >= 0.6 is 39.3 Å². The molecule has 0 aliphatic rings. The molecule has 0 fully saturated rings. The second kappa shape index (κ2) is 5.87. The monoisotopic (exact) mass is 385 g/mol. The molecule has 0 amide bonds. The third-order valence-electron chi connectivity index (χ3n) is 3.17. The number of nitrogens with zero attached hydrogens (tertiary/aromatic N) is 2. The molecule has 0 bridgehead atoms. The Labute approximate surface area is 138 Å². The first kappa shape index (κ1) is 14.7. The Balaban J connectivity index is 1.98. The van der Waals surface area contributed by atoms with Gasteiger partial charge in [0.25, 0.3) is 0 Å². The van der Waals surface area contributed by atoms with Gasteiger partial charge in [0.1, 0.15) is 16.9 Å². The highest BCUT2D eigenvalue weighted by Gasteiger charge is 2.16. The molecule has 7 heteroatoms. The second-order valence-corrected chi connectivity index (χ2v) is 6.44. The highest BCUT2D eigenvalue weighted by Crippen LogP contribution is 2.33. The Bertz CT molecular complexity index is 808. The van der Waals surface area contributed by atoms with Crippen molar-refractivity contribution in [1.82, 2.24) is 8.75 Å². The van der Waals surface area contributed by atoms with Crippen molar-refractivity contribution < 1.29 is 4.39 Å². The minimum atomic E-state index is -0.274. The Hall–Kier alpha value is -1.24. The quantitative estimate of drug-likeness (QED) is 0.653. The van der Waals surface area contributed by atoms with Gasteiger partial charge in [0, 0.05) is 10.0 Å². The van der Waals surface area contributed by atoms with Crippen LogP contribution in [0.2, 0.25) is 5.02 Å². The van der Waals surface area contributed by atoms with Crippen LogP contribution in [0, 0.1) is 5.82 Å². The molecule has 1 aromatic heterocycles. The minimum absolute atomic E-state index is 0.247. The van der Waals surface area contributed by atoms with Gasteiger partial charge in [-0.15, -0.1) is 0 Å². The third kappa shape index (κ3) is 2.88. The lowest BCUT2D eigenvalue weighted by atomic mass is 10.1. The van der Waals surface area contributed by atoms with E-state index in [1.54, 1.807) is 12.1 Å². The van der Waals surface area contributed by atoms with Crippen LogP contribution in [0.1, 0.15) is 18.5 Å². The molecule has 0 saturated carbocycles. The van der Waals surface area contributed by atoms with E-state index in [9.17, 15) is 4.39 Å². The smallest absolute Gasteiger partial charge is 0.129 e. The topological polar surface area (TPSA) is 37.8 Å². The van der Waals surface area contributed by atoms with E-state index in [4.69, 9.17) is 11.6 Å². The summed E-state index contributed by atoms with van der Waals surface area (Å²) in [5.41, 5.74) is 2.72. The van der Waals surface area contributed by atoms with Gasteiger partial charge in [0.2, 0.25) is 0 Å². The largest absolute Gasteiger partial charge is 0.375 e. The van der Waals surface area contributed by atoms with Crippen molar-refractivity contribution in [2.75, 3.05) is 5.32 Å². The van der Waals surface area contributed by atoms with E-state index in [0.29, 0.717) is 26.3 Å². The van der Waals surface area contributed by atoms with Gasteiger partial charge in [-0.3, -0.25) is 0 Å². The van der Waals surface area contributed by atoms with Gasteiger partial charge in [-0.1, -0.05) is 33.6 Å². The summed E-state index contributed by atoms with van der Waals surface area (Å²) in [6.45, 7) is 1.88. The van der Waals surface area contributed by atoms with Crippen LogP contribution < -0.4 is 5.32 Å². The minimum Gasteiger partial charge on any atom is -0.375 e. The normalized spacial score (nSPS) is 12.6. The number of hydrogen-bond donors (Lipinski definition) is 1. The van der Waals surface area contributed by atoms with Crippen molar-refractivity contribution in [3.05, 3.63) is 51.2 Å². The summed E-state index contributed by atoms with van der Waals surface area (Å²) in [6, 6.07) is 8.33. The van der Waals surface area contributed by atoms with Crippen molar-refractivity contribution in [3.8, 4) is 0 Å². The van der Waals surface area contributed by atoms with Crippen molar-refractivity contribution in [3.63, 3.8) is 0 Å². The highest BCUT2D eigenvalue weighted by molar-refractivity contribution is 9.10. The Kier molecular flexibility index (Phi) is 4.10. The molecule has 0 aliphatic heterocycles. The van der Waals surface area contributed by atoms with Gasteiger partial charge in [-0.05, 0) is 31.2 Å². The van der Waals surface area contributed by atoms with E-state index >= 15 is 0 Å². The van der Waals surface area contributed by atoms with E-state index in [2.05, 4.69) is 30.0 Å². The first-order valence-corrected chi connectivity index (χ1v) is 8.08. The molecule has 3 nitrogen and oxygen atoms in total. The van der Waals surface area contributed by atoms with Crippen LogP contribution in [-0.4, -0.2) is 8.75 Å². The predicted octanol–water partition coefficient (Wildman–Crippen LogP) is 5.42. The number of hydrogen-bond acceptors (Lipinski definition) is 4. The van der Waals surface area contributed by atoms with Gasteiger partial charge < -0.3 is 5.32 Å². The molecule has 2 aromatic carbocycles. The van der Waals surface area contributed by atoms with E-state index < -0.39 is 0 Å². The fourth-order valence-corrected chi connectivity index (χ4v) is 3.19. The zero-order valence-corrected chi connectivity index (χ0v) is 14.1. The second-order valence-electron chi connectivity index (χ2n) is 4.59. The molecule has 0 spiro atoms. The van der Waals surface area contributed by atoms with Crippen LogP contribution in [0.15, 0.2) is 34.8 Å². The molecule has 0 radical (unpaired) electrons. The molecule has 0 aliphatic carbocycles. The zero-order chi connectivity index (χ0) is 15.0. The highest BCUT2D eigenvalue weighted by atomic mass is 79.9. The number of rotatable bonds is 3. The van der Waals surface area contributed by atoms with Gasteiger partial charge in [0.15, 0.2) is 0 Å². The lowest BCUT2D eigenvalue weighted by Gasteiger charge is -2.17. The van der Waals surface area contributed by atoms with Gasteiger partial charge in [-0.2, -0.15) is 8.75 Å². The average Bonchev–Trinajstić information content (AvgIpc) is 2.90. The molecular formula is C14H10BrClFN3S. The molecule has 1 heterocycles. The third-order valence-corrected chi connectivity index (χ3v) is 4.52. The van der Waals surface area contributed by atoms with Crippen LogP contribution in [0.5, 0.6) is 0 Å². The number of anilines is 1. The number of fused-ring (bicyclic) bond motifs is 1. The molecule has 3 rings (SSSR count). The lowest BCUT2D eigenvalue weighted by molar-refractivity contribution is 0.599. The molecule has 3 aromatic rings. The fraction of sp³-hybridized carbons (Fsp3) is 0.143. The van der Waals surface area contributed by atoms with Gasteiger partial charge >= 0.3 is 0 Å². The van der Waals surface area contributed by atoms with Crippen LogP contribution in [0.25, 0.3) is 11.0 Å². The van der Waals surface area contributed by atoms with E-state index in [0.717, 1.165) is 17.2 Å². The zero-order valence-electron chi connectivity index (χ0n) is 10.9. The van der Waals surface area contributed by atoms with Crippen LogP contribution in [0.4, 0.5) is 10.1 Å². The van der Waals surface area contributed by atoms with Crippen molar-refractivity contribution in [2.24, 2.45) is 0 Å². The van der Waals surface area contributed by atoms with E-state index in [1.807, 2.05) is 19.1 Å². The summed E-state index contributed by atoms with van der Waals surface area (Å²) in [5.74, 6) is -0.274.